The highest BCUT2D eigenvalue weighted by Crippen LogP contribution is 2.59. The molecule has 0 heterocycles. The minimum atomic E-state index is -0.530. The summed E-state index contributed by atoms with van der Waals surface area (Å²) in [6.45, 7) is 0. The van der Waals surface area contributed by atoms with Gasteiger partial charge in [0.2, 0.25) is 0 Å². The Labute approximate surface area is 409 Å². The second kappa shape index (κ2) is 17.2. The summed E-state index contributed by atoms with van der Waals surface area (Å²) in [6, 6.07) is 105. The van der Waals surface area contributed by atoms with E-state index in [1.54, 1.807) is 0 Å². The molecule has 12 aromatic carbocycles. The second-order valence-corrected chi connectivity index (χ2v) is 18.2. The smallest absolute Gasteiger partial charge is 0.0713 e. The highest BCUT2D eigenvalue weighted by atomic mass is 15.1. The predicted molar refractivity (Wildman–Crippen MR) is 295 cm³/mol. The number of fused-ring (bicyclic) bond motifs is 5. The van der Waals surface area contributed by atoms with Crippen molar-refractivity contribution in [2.45, 2.75) is 5.41 Å². The van der Waals surface area contributed by atoms with Crippen molar-refractivity contribution in [3.63, 3.8) is 0 Å². The van der Waals surface area contributed by atoms with Gasteiger partial charge in [-0.05, 0) is 101 Å². The lowest BCUT2D eigenvalue weighted by Gasteiger charge is -2.34. The average Bonchev–Trinajstić information content (AvgIpc) is 3.75. The molecule has 0 N–H and O–H groups in total. The van der Waals surface area contributed by atoms with Crippen molar-refractivity contribution in [2.24, 2.45) is 0 Å². The number of rotatable bonds is 9. The van der Waals surface area contributed by atoms with E-state index in [-0.39, 0.29) is 0 Å². The molecule has 0 radical (unpaired) electrons. The molecule has 0 saturated heterocycles. The first-order valence-corrected chi connectivity index (χ1v) is 24.3. The lowest BCUT2D eigenvalue weighted by atomic mass is 9.67. The summed E-state index contributed by atoms with van der Waals surface area (Å²) < 4.78 is 0. The minimum absolute atomic E-state index is 0.530. The van der Waals surface area contributed by atoms with Gasteiger partial charge < -0.3 is 4.90 Å². The molecule has 1 heteroatoms. The average molecular weight is 890 g/mol. The van der Waals surface area contributed by atoms with Gasteiger partial charge in [0.05, 0.1) is 22.5 Å². The van der Waals surface area contributed by atoms with Crippen molar-refractivity contribution in [1.82, 2.24) is 0 Å². The van der Waals surface area contributed by atoms with Crippen LogP contribution in [0.4, 0.5) is 17.1 Å². The number of para-hydroxylation sites is 3. The summed E-state index contributed by atoms with van der Waals surface area (Å²) in [6.07, 6.45) is 0. The van der Waals surface area contributed by atoms with Crippen LogP contribution >= 0.6 is 0 Å². The van der Waals surface area contributed by atoms with Gasteiger partial charge in [-0.15, -0.1) is 0 Å². The van der Waals surface area contributed by atoms with E-state index in [1.807, 2.05) is 0 Å². The lowest BCUT2D eigenvalue weighted by Crippen LogP contribution is -2.28. The first kappa shape index (κ1) is 41.2. The molecule has 70 heavy (non-hydrogen) atoms. The number of benzene rings is 12. The Morgan fingerprint density at radius 2 is 0.643 bits per heavy atom. The SMILES string of the molecule is c1ccc(-c2cccc3cccc(-c4ccccc4N(c4ccccc4-c4cccc5c4-c4ccccc4C5(c4ccccc4)c4ccccc4)c4ccccc4-c4cccc5ccccc45)c23)cc1. The van der Waals surface area contributed by atoms with Gasteiger partial charge in [0.15, 0.2) is 0 Å². The van der Waals surface area contributed by atoms with E-state index in [4.69, 9.17) is 0 Å². The van der Waals surface area contributed by atoms with Gasteiger partial charge in [0, 0.05) is 16.7 Å². The normalized spacial score (nSPS) is 12.4. The third-order valence-corrected chi connectivity index (χ3v) is 14.6. The lowest BCUT2D eigenvalue weighted by molar-refractivity contribution is 0.768. The molecule has 0 spiro atoms. The second-order valence-electron chi connectivity index (χ2n) is 18.2. The number of hydrogen-bond acceptors (Lipinski definition) is 1. The molecule has 0 unspecified atom stereocenters. The number of nitrogens with zero attached hydrogens (tertiary/aromatic N) is 1. The molecule has 0 aliphatic heterocycles. The monoisotopic (exact) mass is 889 g/mol. The van der Waals surface area contributed by atoms with Crippen LogP contribution in [-0.2, 0) is 5.41 Å². The molecule has 13 rings (SSSR count). The molecular weight excluding hydrogens is 843 g/mol. The van der Waals surface area contributed by atoms with Gasteiger partial charge >= 0.3 is 0 Å². The Morgan fingerprint density at radius 3 is 1.29 bits per heavy atom. The van der Waals surface area contributed by atoms with E-state index in [0.717, 1.165) is 33.8 Å². The van der Waals surface area contributed by atoms with Crippen molar-refractivity contribution in [3.8, 4) is 55.6 Å². The van der Waals surface area contributed by atoms with E-state index < -0.39 is 5.41 Å². The van der Waals surface area contributed by atoms with Crippen LogP contribution in [0.3, 0.4) is 0 Å². The maximum atomic E-state index is 2.55. The minimum Gasteiger partial charge on any atom is -0.309 e. The van der Waals surface area contributed by atoms with E-state index in [1.165, 1.54) is 82.7 Å². The zero-order valence-corrected chi connectivity index (χ0v) is 38.6. The molecule has 1 aliphatic rings. The quantitative estimate of drug-likeness (QED) is 0.140. The Hall–Kier alpha value is -9.04. The van der Waals surface area contributed by atoms with Gasteiger partial charge in [-0.3, -0.25) is 0 Å². The van der Waals surface area contributed by atoms with Crippen molar-refractivity contribution in [2.75, 3.05) is 4.90 Å². The zero-order valence-electron chi connectivity index (χ0n) is 38.6. The van der Waals surface area contributed by atoms with E-state index >= 15 is 0 Å². The standard InChI is InChI=1S/C69H47N/c1-4-24-49(25-5-1)54-39-21-28-50-29-22-41-59(67(50)54)57-36-14-18-46-65(57)70(64-45-17-13-35-56(64)55-40-20-27-48-26-10-11-34-53(48)55)66-47-19-15-37-58(66)60-42-23-44-63-68(60)61-38-12-16-43-62(61)69(63,51-30-6-2-7-31-51)52-32-8-3-9-33-52/h1-47H. The van der Waals surface area contributed by atoms with Gasteiger partial charge in [-0.2, -0.15) is 0 Å². The zero-order chi connectivity index (χ0) is 46.4. The Kier molecular flexibility index (Phi) is 10.1. The van der Waals surface area contributed by atoms with E-state index in [0.29, 0.717) is 0 Å². The first-order chi connectivity index (χ1) is 34.8. The van der Waals surface area contributed by atoms with Gasteiger partial charge in [-0.25, -0.2) is 0 Å². The molecular formula is C69H47N. The van der Waals surface area contributed by atoms with Crippen molar-refractivity contribution < 1.29 is 0 Å². The van der Waals surface area contributed by atoms with Crippen molar-refractivity contribution in [3.05, 3.63) is 307 Å². The number of hydrogen-bond donors (Lipinski definition) is 0. The largest absolute Gasteiger partial charge is 0.309 e. The third kappa shape index (κ3) is 6.55. The summed E-state index contributed by atoms with van der Waals surface area (Å²) >= 11 is 0. The number of anilines is 3. The van der Waals surface area contributed by atoms with Crippen LogP contribution in [-0.4, -0.2) is 0 Å². The Morgan fingerprint density at radius 1 is 0.243 bits per heavy atom. The van der Waals surface area contributed by atoms with Gasteiger partial charge in [-0.1, -0.05) is 267 Å². The summed E-state index contributed by atoms with van der Waals surface area (Å²) in [5, 5.41) is 4.87. The molecule has 0 fully saturated rings. The fraction of sp³-hybridized carbons (Fsp3) is 0.0145. The van der Waals surface area contributed by atoms with Crippen molar-refractivity contribution in [1.29, 1.82) is 0 Å². The maximum absolute atomic E-state index is 2.55. The van der Waals surface area contributed by atoms with E-state index in [2.05, 4.69) is 290 Å². The van der Waals surface area contributed by atoms with E-state index in [9.17, 15) is 0 Å². The van der Waals surface area contributed by atoms with Gasteiger partial charge in [0.25, 0.3) is 0 Å². The van der Waals surface area contributed by atoms with Crippen molar-refractivity contribution >= 4 is 38.6 Å². The maximum Gasteiger partial charge on any atom is 0.0713 e. The molecule has 1 nitrogen and oxygen atoms in total. The van der Waals surface area contributed by atoms with Gasteiger partial charge in [0.1, 0.15) is 0 Å². The molecule has 0 amide bonds. The molecule has 0 saturated carbocycles. The fourth-order valence-electron chi connectivity index (χ4n) is 11.7. The predicted octanol–water partition coefficient (Wildman–Crippen LogP) is 18.5. The Balaban J connectivity index is 1.12. The Bertz CT molecular complexity index is 3840. The fourth-order valence-corrected chi connectivity index (χ4v) is 11.7. The van der Waals surface area contributed by atoms with Crippen LogP contribution in [0.15, 0.2) is 285 Å². The van der Waals surface area contributed by atoms with Crippen LogP contribution < -0.4 is 4.90 Å². The summed E-state index contributed by atoms with van der Waals surface area (Å²) in [4.78, 5) is 2.55. The summed E-state index contributed by atoms with van der Waals surface area (Å²) in [5.41, 5.74) is 19.8. The topological polar surface area (TPSA) is 3.24 Å². The van der Waals surface area contributed by atoms with Crippen LogP contribution in [0.5, 0.6) is 0 Å². The molecule has 12 aromatic rings. The third-order valence-electron chi connectivity index (χ3n) is 14.6. The molecule has 0 aromatic heterocycles. The molecule has 1 aliphatic carbocycles. The van der Waals surface area contributed by atoms with Crippen LogP contribution in [0.2, 0.25) is 0 Å². The summed E-state index contributed by atoms with van der Waals surface area (Å²) in [5.74, 6) is 0. The molecule has 0 bridgehead atoms. The molecule has 0 atom stereocenters. The van der Waals surface area contributed by atoms with Crippen LogP contribution in [0, 0.1) is 0 Å². The summed E-state index contributed by atoms with van der Waals surface area (Å²) in [7, 11) is 0. The highest BCUT2D eigenvalue weighted by Gasteiger charge is 2.47. The highest BCUT2D eigenvalue weighted by molar-refractivity contribution is 6.11. The van der Waals surface area contributed by atoms with Crippen LogP contribution in [0.25, 0.3) is 77.2 Å². The first-order valence-electron chi connectivity index (χ1n) is 24.3. The van der Waals surface area contributed by atoms with Crippen LogP contribution in [0.1, 0.15) is 22.3 Å². The molecule has 328 valence electrons.